The van der Waals surface area contributed by atoms with Gasteiger partial charge in [-0.3, -0.25) is 4.79 Å². The van der Waals surface area contributed by atoms with Gasteiger partial charge >= 0.3 is 0 Å². The Balaban J connectivity index is 3.44. The number of hydrogen-bond acceptors (Lipinski definition) is 1. The lowest BCUT2D eigenvalue weighted by Gasteiger charge is -2.35. The van der Waals surface area contributed by atoms with Gasteiger partial charge in [0.15, 0.2) is 0 Å². The Morgan fingerprint density at radius 1 is 0.714 bits per heavy atom. The second kappa shape index (κ2) is 17.2. The number of rotatable bonds is 20. The van der Waals surface area contributed by atoms with Gasteiger partial charge in [-0.2, -0.15) is 0 Å². The monoisotopic (exact) mass is 394 g/mol. The minimum absolute atomic E-state index is 0.0221. The molecular weight excluding hydrogens is 342 g/mol. The third-order valence-electron chi connectivity index (χ3n) is 6.44. The number of nitrogens with zero attached hydrogens (tertiary/aromatic N) is 1. The molecule has 0 amide bonds. The molecule has 0 bridgehead atoms. The van der Waals surface area contributed by atoms with E-state index in [4.69, 9.17) is 0 Å². The molecule has 0 aliphatic heterocycles. The Labute approximate surface area is 177 Å². The SMILES string of the molecule is C=C(C)C(=O)C(C)[N+](C)(C)CCCCCCCCCCCCCCCCCC. The van der Waals surface area contributed by atoms with Gasteiger partial charge in [0.2, 0.25) is 5.78 Å². The molecule has 0 aromatic rings. The molecule has 28 heavy (non-hydrogen) atoms. The minimum atomic E-state index is 0.0221. The fourth-order valence-corrected chi connectivity index (χ4v) is 3.94. The van der Waals surface area contributed by atoms with E-state index in [-0.39, 0.29) is 11.8 Å². The van der Waals surface area contributed by atoms with Crippen LogP contribution < -0.4 is 0 Å². The quantitative estimate of drug-likeness (QED) is 0.117. The Morgan fingerprint density at radius 3 is 1.36 bits per heavy atom. The lowest BCUT2D eigenvalue weighted by molar-refractivity contribution is -0.904. The van der Waals surface area contributed by atoms with Crippen LogP contribution in [0.3, 0.4) is 0 Å². The molecule has 0 fully saturated rings. The highest BCUT2D eigenvalue weighted by molar-refractivity contribution is 5.97. The second-order valence-corrected chi connectivity index (χ2v) is 9.63. The summed E-state index contributed by atoms with van der Waals surface area (Å²) in [5.41, 5.74) is 0.686. The minimum Gasteiger partial charge on any atom is -0.320 e. The van der Waals surface area contributed by atoms with Crippen molar-refractivity contribution in [2.24, 2.45) is 0 Å². The Kier molecular flexibility index (Phi) is 16.9. The van der Waals surface area contributed by atoms with Crippen LogP contribution in [0.15, 0.2) is 12.2 Å². The molecule has 2 nitrogen and oxygen atoms in total. The van der Waals surface area contributed by atoms with E-state index in [1.165, 1.54) is 103 Å². The average Bonchev–Trinajstić information content (AvgIpc) is 2.66. The zero-order valence-electron chi connectivity index (χ0n) is 20.2. The summed E-state index contributed by atoms with van der Waals surface area (Å²) in [6, 6.07) is 0.0221. The predicted molar refractivity (Wildman–Crippen MR) is 126 cm³/mol. The molecule has 0 rings (SSSR count). The van der Waals surface area contributed by atoms with E-state index in [1.807, 2.05) is 13.8 Å². The van der Waals surface area contributed by atoms with Crippen molar-refractivity contribution in [2.75, 3.05) is 20.6 Å². The van der Waals surface area contributed by atoms with E-state index in [2.05, 4.69) is 27.6 Å². The van der Waals surface area contributed by atoms with E-state index in [0.717, 1.165) is 11.0 Å². The number of ketones is 1. The van der Waals surface area contributed by atoms with Gasteiger partial charge in [-0.1, -0.05) is 103 Å². The van der Waals surface area contributed by atoms with E-state index in [0.29, 0.717) is 5.57 Å². The average molecular weight is 395 g/mol. The molecule has 1 atom stereocenters. The van der Waals surface area contributed by atoms with Crippen LogP contribution in [0, 0.1) is 0 Å². The number of hydrogen-bond donors (Lipinski definition) is 0. The van der Waals surface area contributed by atoms with E-state index >= 15 is 0 Å². The normalized spacial score (nSPS) is 12.9. The largest absolute Gasteiger partial charge is 0.320 e. The van der Waals surface area contributed by atoms with Crippen molar-refractivity contribution in [1.29, 1.82) is 0 Å². The van der Waals surface area contributed by atoms with E-state index < -0.39 is 0 Å². The molecule has 0 radical (unpaired) electrons. The number of Topliss-reactive ketones (excluding diaryl/α,β-unsaturated/α-hetero) is 1. The third-order valence-corrected chi connectivity index (χ3v) is 6.44. The first kappa shape index (κ1) is 27.4. The maximum absolute atomic E-state index is 12.1. The zero-order valence-corrected chi connectivity index (χ0v) is 20.2. The standard InChI is InChI=1S/C26H52NO/c1-7-8-9-10-11-12-13-14-15-16-17-18-19-20-21-22-23-27(5,6)25(4)26(28)24(2)3/h25H,2,7-23H2,1,3-6H3/q+1. The van der Waals surface area contributed by atoms with Gasteiger partial charge in [0.25, 0.3) is 0 Å². The summed E-state index contributed by atoms with van der Waals surface area (Å²) in [5.74, 6) is 0.210. The molecule has 0 saturated carbocycles. The number of carbonyl (C=O) groups is 1. The molecule has 0 saturated heterocycles. The first-order valence-corrected chi connectivity index (χ1v) is 12.3. The second-order valence-electron chi connectivity index (χ2n) is 9.63. The smallest absolute Gasteiger partial charge is 0.214 e. The molecule has 0 spiro atoms. The maximum atomic E-state index is 12.1. The van der Waals surface area contributed by atoms with Crippen LogP contribution in [0.2, 0.25) is 0 Å². The third kappa shape index (κ3) is 14.4. The lowest BCUT2D eigenvalue weighted by atomic mass is 10.0. The van der Waals surface area contributed by atoms with Crippen molar-refractivity contribution in [3.05, 3.63) is 12.2 Å². The summed E-state index contributed by atoms with van der Waals surface area (Å²) < 4.78 is 0.782. The summed E-state index contributed by atoms with van der Waals surface area (Å²) in [6.07, 6.45) is 22.4. The molecule has 0 N–H and O–H groups in total. The van der Waals surface area contributed by atoms with Crippen LogP contribution in [0.25, 0.3) is 0 Å². The molecular formula is C26H52NO+. The van der Waals surface area contributed by atoms with E-state index in [9.17, 15) is 4.79 Å². The topological polar surface area (TPSA) is 17.1 Å². The molecule has 0 heterocycles. The lowest BCUT2D eigenvalue weighted by Crippen LogP contribution is -2.52. The maximum Gasteiger partial charge on any atom is 0.214 e. The molecule has 166 valence electrons. The number of carbonyl (C=O) groups excluding carboxylic acids is 1. The van der Waals surface area contributed by atoms with Gasteiger partial charge < -0.3 is 4.48 Å². The Morgan fingerprint density at radius 2 is 1.04 bits per heavy atom. The zero-order chi connectivity index (χ0) is 21.3. The first-order valence-electron chi connectivity index (χ1n) is 12.3. The fraction of sp³-hybridized carbons (Fsp3) is 0.885. The van der Waals surface area contributed by atoms with Crippen molar-refractivity contribution in [3.8, 4) is 0 Å². The van der Waals surface area contributed by atoms with Crippen LogP contribution in [-0.2, 0) is 4.79 Å². The van der Waals surface area contributed by atoms with Crippen LogP contribution >= 0.6 is 0 Å². The van der Waals surface area contributed by atoms with Crippen molar-refractivity contribution in [2.45, 2.75) is 130 Å². The summed E-state index contributed by atoms with van der Waals surface area (Å²) in [5, 5.41) is 0. The van der Waals surface area contributed by atoms with Gasteiger partial charge in [-0.25, -0.2) is 0 Å². The van der Waals surface area contributed by atoms with Crippen LogP contribution in [0.4, 0.5) is 0 Å². The van der Waals surface area contributed by atoms with Gasteiger partial charge in [0.05, 0.1) is 20.6 Å². The van der Waals surface area contributed by atoms with Crippen molar-refractivity contribution in [1.82, 2.24) is 0 Å². The van der Waals surface area contributed by atoms with Gasteiger partial charge in [-0.15, -0.1) is 0 Å². The van der Waals surface area contributed by atoms with Crippen molar-refractivity contribution < 1.29 is 9.28 Å². The van der Waals surface area contributed by atoms with Crippen LogP contribution in [-0.4, -0.2) is 36.9 Å². The highest BCUT2D eigenvalue weighted by Crippen LogP contribution is 2.16. The van der Waals surface area contributed by atoms with Crippen LogP contribution in [0.1, 0.15) is 124 Å². The summed E-state index contributed by atoms with van der Waals surface area (Å²) in [4.78, 5) is 12.1. The molecule has 0 aromatic carbocycles. The molecule has 0 aliphatic rings. The molecule has 0 aliphatic carbocycles. The molecule has 2 heteroatoms. The summed E-state index contributed by atoms with van der Waals surface area (Å²) in [6.45, 7) is 11.1. The predicted octanol–water partition coefficient (Wildman–Crippen LogP) is 7.86. The molecule has 1 unspecified atom stereocenters. The number of unbranched alkanes of at least 4 members (excludes halogenated alkanes) is 15. The summed E-state index contributed by atoms with van der Waals surface area (Å²) >= 11 is 0. The van der Waals surface area contributed by atoms with Crippen LogP contribution in [0.5, 0.6) is 0 Å². The summed E-state index contributed by atoms with van der Waals surface area (Å²) in [7, 11) is 4.35. The highest BCUT2D eigenvalue weighted by atomic mass is 16.1. The Bertz CT molecular complexity index is 399. The highest BCUT2D eigenvalue weighted by Gasteiger charge is 2.29. The van der Waals surface area contributed by atoms with Gasteiger partial charge in [0.1, 0.15) is 6.04 Å². The number of likely N-dealkylation sites (N-methyl/N-ethyl adjacent to an activating group) is 1. The fourth-order valence-electron chi connectivity index (χ4n) is 3.94. The van der Waals surface area contributed by atoms with Crippen molar-refractivity contribution >= 4 is 5.78 Å². The molecule has 0 aromatic heterocycles. The number of quaternary nitrogens is 1. The Hall–Kier alpha value is -0.630. The van der Waals surface area contributed by atoms with Crippen molar-refractivity contribution in [3.63, 3.8) is 0 Å². The van der Waals surface area contributed by atoms with Gasteiger partial charge in [-0.05, 0) is 32.3 Å². The van der Waals surface area contributed by atoms with E-state index in [1.54, 1.807) is 0 Å². The first-order chi connectivity index (χ1) is 13.3. The van der Waals surface area contributed by atoms with Gasteiger partial charge in [0, 0.05) is 0 Å².